The van der Waals surface area contributed by atoms with Crippen LogP contribution in [0.15, 0.2) is 42.5 Å². The molecule has 2 unspecified atom stereocenters. The van der Waals surface area contributed by atoms with Crippen LogP contribution in [-0.2, 0) is 0 Å². The van der Waals surface area contributed by atoms with E-state index >= 15 is 0 Å². The van der Waals surface area contributed by atoms with Crippen LogP contribution in [0.25, 0.3) is 0 Å². The standard InChI is InChI=1S/C17H17NO3S/c1-11-13(12-5-3-2-4-6-12)9-10-18(11)16(19)14-7-8-15(22-14)17(20)21/h2-8,11,13H,9-10H2,1H3,(H,20,21). The normalized spacial score (nSPS) is 21.0. The first-order valence-corrected chi connectivity index (χ1v) is 8.08. The highest BCUT2D eigenvalue weighted by molar-refractivity contribution is 7.15. The number of aromatic carboxylic acids is 1. The molecular weight excluding hydrogens is 298 g/mol. The summed E-state index contributed by atoms with van der Waals surface area (Å²) in [5.74, 6) is -0.715. The first kappa shape index (κ1) is 14.8. The number of benzene rings is 1. The van der Waals surface area contributed by atoms with E-state index in [0.29, 0.717) is 17.3 Å². The zero-order valence-corrected chi connectivity index (χ0v) is 13.0. The van der Waals surface area contributed by atoms with Gasteiger partial charge in [-0.25, -0.2) is 4.79 Å². The van der Waals surface area contributed by atoms with E-state index < -0.39 is 5.97 Å². The van der Waals surface area contributed by atoms with Crippen LogP contribution in [0.3, 0.4) is 0 Å². The summed E-state index contributed by atoms with van der Waals surface area (Å²) in [7, 11) is 0. The van der Waals surface area contributed by atoms with Gasteiger partial charge in [0.2, 0.25) is 0 Å². The minimum absolute atomic E-state index is 0.0663. The zero-order chi connectivity index (χ0) is 15.7. The third kappa shape index (κ3) is 2.64. The molecule has 3 rings (SSSR count). The molecule has 2 aromatic rings. The predicted octanol–water partition coefficient (Wildman–Crippen LogP) is 3.46. The summed E-state index contributed by atoms with van der Waals surface area (Å²) in [6.07, 6.45) is 0.939. The van der Waals surface area contributed by atoms with E-state index in [1.54, 1.807) is 6.07 Å². The van der Waals surface area contributed by atoms with Gasteiger partial charge in [0.15, 0.2) is 0 Å². The maximum Gasteiger partial charge on any atom is 0.345 e. The fraction of sp³-hybridized carbons (Fsp3) is 0.294. The number of carbonyl (C=O) groups excluding carboxylic acids is 1. The molecule has 1 aliphatic rings. The third-order valence-corrected chi connectivity index (χ3v) is 5.33. The molecule has 2 heterocycles. The molecular formula is C17H17NO3S. The Balaban J connectivity index is 1.78. The van der Waals surface area contributed by atoms with E-state index in [1.165, 1.54) is 11.6 Å². The van der Waals surface area contributed by atoms with Gasteiger partial charge in [-0.3, -0.25) is 4.79 Å². The summed E-state index contributed by atoms with van der Waals surface area (Å²) >= 11 is 1.04. The number of rotatable bonds is 3. The molecule has 1 fully saturated rings. The van der Waals surface area contributed by atoms with Gasteiger partial charge in [-0.05, 0) is 31.0 Å². The van der Waals surface area contributed by atoms with Crippen molar-refractivity contribution in [2.75, 3.05) is 6.54 Å². The van der Waals surface area contributed by atoms with Crippen molar-refractivity contribution in [1.82, 2.24) is 4.90 Å². The smallest absolute Gasteiger partial charge is 0.345 e. The molecule has 2 atom stereocenters. The Morgan fingerprint density at radius 1 is 1.14 bits per heavy atom. The maximum atomic E-state index is 12.6. The lowest BCUT2D eigenvalue weighted by atomic mass is 9.93. The van der Waals surface area contributed by atoms with Gasteiger partial charge in [0, 0.05) is 18.5 Å². The molecule has 1 amide bonds. The lowest BCUT2D eigenvalue weighted by Crippen LogP contribution is -2.34. The predicted molar refractivity (Wildman–Crippen MR) is 85.6 cm³/mol. The molecule has 1 saturated heterocycles. The molecule has 1 aromatic heterocycles. The minimum atomic E-state index is -0.985. The fourth-order valence-electron chi connectivity index (χ4n) is 3.08. The van der Waals surface area contributed by atoms with Gasteiger partial charge in [0.1, 0.15) is 4.88 Å². The molecule has 5 heteroatoms. The number of amides is 1. The van der Waals surface area contributed by atoms with Crippen molar-refractivity contribution in [1.29, 1.82) is 0 Å². The van der Waals surface area contributed by atoms with Crippen molar-refractivity contribution in [3.05, 3.63) is 57.8 Å². The SMILES string of the molecule is CC1C(c2ccccc2)CCN1C(=O)c1ccc(C(=O)O)s1. The highest BCUT2D eigenvalue weighted by atomic mass is 32.1. The Kier molecular flexibility index (Phi) is 3.98. The van der Waals surface area contributed by atoms with E-state index in [-0.39, 0.29) is 16.8 Å². The van der Waals surface area contributed by atoms with Crippen molar-refractivity contribution in [3.8, 4) is 0 Å². The van der Waals surface area contributed by atoms with Crippen molar-refractivity contribution in [2.24, 2.45) is 0 Å². The molecule has 4 nitrogen and oxygen atoms in total. The van der Waals surface area contributed by atoms with Crippen LogP contribution in [0.1, 0.15) is 44.2 Å². The molecule has 0 radical (unpaired) electrons. The van der Waals surface area contributed by atoms with Crippen LogP contribution < -0.4 is 0 Å². The molecule has 0 bridgehead atoms. The first-order chi connectivity index (χ1) is 10.6. The summed E-state index contributed by atoms with van der Waals surface area (Å²) in [5.41, 5.74) is 1.25. The number of likely N-dealkylation sites (tertiary alicyclic amines) is 1. The van der Waals surface area contributed by atoms with Crippen LogP contribution >= 0.6 is 11.3 Å². The van der Waals surface area contributed by atoms with E-state index in [9.17, 15) is 9.59 Å². The van der Waals surface area contributed by atoms with E-state index in [1.807, 2.05) is 23.1 Å². The molecule has 1 N–H and O–H groups in total. The monoisotopic (exact) mass is 315 g/mol. The summed E-state index contributed by atoms with van der Waals surface area (Å²) < 4.78 is 0. The van der Waals surface area contributed by atoms with Crippen LogP contribution in [-0.4, -0.2) is 34.5 Å². The third-order valence-electron chi connectivity index (χ3n) is 4.27. The summed E-state index contributed by atoms with van der Waals surface area (Å²) in [6, 6.07) is 13.5. The minimum Gasteiger partial charge on any atom is -0.477 e. The summed E-state index contributed by atoms with van der Waals surface area (Å²) in [5, 5.41) is 8.97. The first-order valence-electron chi connectivity index (χ1n) is 7.27. The van der Waals surface area contributed by atoms with Crippen LogP contribution in [0.2, 0.25) is 0 Å². The van der Waals surface area contributed by atoms with Gasteiger partial charge >= 0.3 is 5.97 Å². The Hall–Kier alpha value is -2.14. The van der Waals surface area contributed by atoms with E-state index in [0.717, 1.165) is 17.8 Å². The Morgan fingerprint density at radius 3 is 2.45 bits per heavy atom. The lowest BCUT2D eigenvalue weighted by Gasteiger charge is -2.24. The average molecular weight is 315 g/mol. The molecule has 0 spiro atoms. The van der Waals surface area contributed by atoms with Crippen LogP contribution in [0.5, 0.6) is 0 Å². The topological polar surface area (TPSA) is 57.6 Å². The second kappa shape index (κ2) is 5.93. The van der Waals surface area contributed by atoms with Gasteiger partial charge in [-0.2, -0.15) is 0 Å². The second-order valence-corrected chi connectivity index (χ2v) is 6.60. The van der Waals surface area contributed by atoms with Gasteiger partial charge in [0.05, 0.1) is 4.88 Å². The van der Waals surface area contributed by atoms with Crippen molar-refractivity contribution in [2.45, 2.75) is 25.3 Å². The molecule has 0 aliphatic carbocycles. The largest absolute Gasteiger partial charge is 0.477 e. The second-order valence-electron chi connectivity index (χ2n) is 5.51. The van der Waals surface area contributed by atoms with Crippen LogP contribution in [0.4, 0.5) is 0 Å². The maximum absolute atomic E-state index is 12.6. The molecule has 22 heavy (non-hydrogen) atoms. The van der Waals surface area contributed by atoms with Gasteiger partial charge in [-0.15, -0.1) is 11.3 Å². The van der Waals surface area contributed by atoms with Crippen LogP contribution in [0, 0.1) is 0 Å². The highest BCUT2D eigenvalue weighted by Crippen LogP contribution is 2.34. The lowest BCUT2D eigenvalue weighted by molar-refractivity contribution is 0.0701. The van der Waals surface area contributed by atoms with Crippen molar-refractivity contribution >= 4 is 23.2 Å². The zero-order valence-electron chi connectivity index (χ0n) is 12.2. The number of carbonyl (C=O) groups is 2. The van der Waals surface area contributed by atoms with Crippen molar-refractivity contribution in [3.63, 3.8) is 0 Å². The summed E-state index contributed by atoms with van der Waals surface area (Å²) in [4.78, 5) is 26.1. The van der Waals surface area contributed by atoms with Gasteiger partial charge in [0.25, 0.3) is 5.91 Å². The molecule has 1 aliphatic heterocycles. The van der Waals surface area contributed by atoms with Gasteiger partial charge in [-0.1, -0.05) is 30.3 Å². The number of hydrogen-bond donors (Lipinski definition) is 1. The molecule has 114 valence electrons. The number of carboxylic acids is 1. The Bertz CT molecular complexity index is 695. The quantitative estimate of drug-likeness (QED) is 0.943. The highest BCUT2D eigenvalue weighted by Gasteiger charge is 2.35. The fourth-order valence-corrected chi connectivity index (χ4v) is 3.88. The summed E-state index contributed by atoms with van der Waals surface area (Å²) in [6.45, 7) is 2.77. The van der Waals surface area contributed by atoms with E-state index in [4.69, 9.17) is 5.11 Å². The number of thiophene rings is 1. The average Bonchev–Trinajstić information content (AvgIpc) is 3.14. The Morgan fingerprint density at radius 2 is 1.82 bits per heavy atom. The number of hydrogen-bond acceptors (Lipinski definition) is 3. The Labute approximate surface area is 133 Å². The number of carboxylic acid groups (broad SMARTS) is 1. The molecule has 0 saturated carbocycles. The number of nitrogens with zero attached hydrogens (tertiary/aromatic N) is 1. The van der Waals surface area contributed by atoms with Crippen molar-refractivity contribution < 1.29 is 14.7 Å². The van der Waals surface area contributed by atoms with Gasteiger partial charge < -0.3 is 10.0 Å². The van der Waals surface area contributed by atoms with E-state index in [2.05, 4.69) is 19.1 Å². The molecule has 1 aromatic carbocycles.